The molecule has 2 aromatic carbocycles. The van der Waals surface area contributed by atoms with Crippen molar-refractivity contribution in [2.75, 3.05) is 28.4 Å². The van der Waals surface area contributed by atoms with Crippen molar-refractivity contribution in [2.24, 2.45) is 9.98 Å². The zero-order chi connectivity index (χ0) is 21.8. The molecular formula is C24H30N2O4. The van der Waals surface area contributed by atoms with Gasteiger partial charge in [-0.1, -0.05) is 36.4 Å². The first-order valence-corrected chi connectivity index (χ1v) is 9.91. The van der Waals surface area contributed by atoms with Crippen molar-refractivity contribution in [3.8, 4) is 11.5 Å². The molecule has 1 aliphatic heterocycles. The molecule has 0 fully saturated rings. The van der Waals surface area contributed by atoms with E-state index in [1.54, 1.807) is 28.4 Å². The van der Waals surface area contributed by atoms with Gasteiger partial charge in [0.05, 0.1) is 28.4 Å². The Morgan fingerprint density at radius 3 is 1.67 bits per heavy atom. The maximum atomic E-state index is 5.74. The molecule has 1 aliphatic rings. The summed E-state index contributed by atoms with van der Waals surface area (Å²) in [7, 11) is 6.54. The fourth-order valence-electron chi connectivity index (χ4n) is 3.93. The Bertz CT molecular complexity index is 941. The molecule has 0 aromatic heterocycles. The zero-order valence-corrected chi connectivity index (χ0v) is 18.6. The zero-order valence-electron chi connectivity index (χ0n) is 18.6. The highest BCUT2D eigenvalue weighted by Gasteiger charge is 2.45. The molecule has 0 saturated carbocycles. The summed E-state index contributed by atoms with van der Waals surface area (Å²) in [5, 5.41) is 0. The summed E-state index contributed by atoms with van der Waals surface area (Å²) in [6.45, 7) is 4.03. The summed E-state index contributed by atoms with van der Waals surface area (Å²) >= 11 is 0. The molecule has 0 radical (unpaired) electrons. The molecule has 0 N–H and O–H groups in total. The molecule has 0 amide bonds. The molecule has 30 heavy (non-hydrogen) atoms. The number of hydrogen-bond donors (Lipinski definition) is 0. The molecule has 6 heteroatoms. The summed E-state index contributed by atoms with van der Waals surface area (Å²) < 4.78 is 22.3. The quantitative estimate of drug-likeness (QED) is 0.719. The lowest BCUT2D eigenvalue weighted by molar-refractivity contribution is 0.298. The van der Waals surface area contributed by atoms with E-state index in [0.717, 1.165) is 11.1 Å². The van der Waals surface area contributed by atoms with E-state index < -0.39 is 11.1 Å². The Labute approximate surface area is 178 Å². The van der Waals surface area contributed by atoms with Crippen LogP contribution >= 0.6 is 0 Å². The van der Waals surface area contributed by atoms with Crippen LogP contribution in [-0.4, -0.2) is 51.3 Å². The normalized spacial score (nSPS) is 23.3. The average Bonchev–Trinajstić information content (AvgIpc) is 2.75. The highest BCUT2D eigenvalue weighted by molar-refractivity contribution is 5.99. The standard InChI is InChI=1S/C24H30N2O4/c1-23(15-17-10-8-7-9-11-17)21(29-5)26-24(2,22(25-23)30-6)16-18-12-13-19(27-3)20(14-18)28-4/h7-14H,15-16H2,1-6H3/t23-,24+/m1/s1. The van der Waals surface area contributed by atoms with Crippen LogP contribution in [0.5, 0.6) is 11.5 Å². The Kier molecular flexibility index (Phi) is 6.34. The third-order valence-corrected chi connectivity index (χ3v) is 5.39. The number of benzene rings is 2. The molecule has 3 rings (SSSR count). The molecule has 0 spiro atoms. The van der Waals surface area contributed by atoms with E-state index >= 15 is 0 Å². The maximum absolute atomic E-state index is 5.74. The topological polar surface area (TPSA) is 61.6 Å². The van der Waals surface area contributed by atoms with Gasteiger partial charge in [0, 0.05) is 12.8 Å². The Morgan fingerprint density at radius 2 is 1.17 bits per heavy atom. The van der Waals surface area contributed by atoms with Gasteiger partial charge in [0.2, 0.25) is 11.8 Å². The van der Waals surface area contributed by atoms with Crippen LogP contribution in [0.2, 0.25) is 0 Å². The second-order valence-electron chi connectivity index (χ2n) is 7.82. The van der Waals surface area contributed by atoms with E-state index in [0.29, 0.717) is 36.1 Å². The van der Waals surface area contributed by atoms with E-state index in [9.17, 15) is 0 Å². The number of aliphatic imine (C=N–C) groups is 2. The molecule has 2 atom stereocenters. The van der Waals surface area contributed by atoms with Gasteiger partial charge < -0.3 is 18.9 Å². The second-order valence-corrected chi connectivity index (χ2v) is 7.82. The predicted molar refractivity (Wildman–Crippen MR) is 119 cm³/mol. The van der Waals surface area contributed by atoms with Gasteiger partial charge in [0.25, 0.3) is 0 Å². The third-order valence-electron chi connectivity index (χ3n) is 5.39. The molecule has 2 aromatic rings. The van der Waals surface area contributed by atoms with Crippen LogP contribution in [0, 0.1) is 0 Å². The number of ether oxygens (including phenoxy) is 4. The number of hydrogen-bond acceptors (Lipinski definition) is 6. The van der Waals surface area contributed by atoms with Crippen molar-refractivity contribution >= 4 is 11.8 Å². The van der Waals surface area contributed by atoms with Crippen molar-refractivity contribution in [3.05, 3.63) is 59.7 Å². The van der Waals surface area contributed by atoms with Crippen molar-refractivity contribution < 1.29 is 18.9 Å². The molecule has 160 valence electrons. The van der Waals surface area contributed by atoms with Crippen LogP contribution < -0.4 is 9.47 Å². The van der Waals surface area contributed by atoms with E-state index in [2.05, 4.69) is 12.1 Å². The molecular weight excluding hydrogens is 380 g/mol. The lowest BCUT2D eigenvalue weighted by Crippen LogP contribution is -2.50. The Balaban J connectivity index is 1.96. The fraction of sp³-hybridized carbons (Fsp3) is 0.417. The molecule has 6 nitrogen and oxygen atoms in total. The lowest BCUT2D eigenvalue weighted by atomic mass is 9.86. The van der Waals surface area contributed by atoms with Crippen LogP contribution in [-0.2, 0) is 22.3 Å². The minimum absolute atomic E-state index is 0.578. The van der Waals surface area contributed by atoms with E-state index in [1.165, 1.54) is 0 Å². The van der Waals surface area contributed by atoms with Gasteiger partial charge in [0.1, 0.15) is 11.1 Å². The Morgan fingerprint density at radius 1 is 0.633 bits per heavy atom. The molecule has 1 heterocycles. The van der Waals surface area contributed by atoms with Crippen LogP contribution in [0.4, 0.5) is 0 Å². The SMILES string of the molecule is COC1=N[C@@](C)(Cc2ccc(OC)c(OC)c2)C(OC)=N[C@]1(C)Cc1ccccc1. The Hall–Kier alpha value is -3.02. The van der Waals surface area contributed by atoms with E-state index in [-0.39, 0.29) is 0 Å². The van der Waals surface area contributed by atoms with Gasteiger partial charge in [-0.2, -0.15) is 0 Å². The first-order chi connectivity index (χ1) is 14.4. The third kappa shape index (κ3) is 4.27. The van der Waals surface area contributed by atoms with Crippen LogP contribution in [0.1, 0.15) is 25.0 Å². The largest absolute Gasteiger partial charge is 0.493 e. The molecule has 0 saturated heterocycles. The summed E-state index contributed by atoms with van der Waals surface area (Å²) in [6, 6.07) is 16.1. The second kappa shape index (κ2) is 8.78. The highest BCUT2D eigenvalue weighted by atomic mass is 16.5. The summed E-state index contributed by atoms with van der Waals surface area (Å²) in [6.07, 6.45) is 1.24. The number of methoxy groups -OCH3 is 4. The monoisotopic (exact) mass is 410 g/mol. The summed E-state index contributed by atoms with van der Waals surface area (Å²) in [5.74, 6) is 2.54. The first kappa shape index (κ1) is 21.7. The van der Waals surface area contributed by atoms with Crippen LogP contribution in [0.15, 0.2) is 58.5 Å². The summed E-state index contributed by atoms with van der Waals surface area (Å²) in [5.41, 5.74) is 0.854. The molecule has 0 unspecified atom stereocenters. The van der Waals surface area contributed by atoms with Crippen LogP contribution in [0.3, 0.4) is 0 Å². The minimum Gasteiger partial charge on any atom is -0.493 e. The molecule has 0 bridgehead atoms. The van der Waals surface area contributed by atoms with Crippen LogP contribution in [0.25, 0.3) is 0 Å². The van der Waals surface area contributed by atoms with Gasteiger partial charge >= 0.3 is 0 Å². The van der Waals surface area contributed by atoms with Gasteiger partial charge in [-0.25, -0.2) is 9.98 Å². The highest BCUT2D eigenvalue weighted by Crippen LogP contribution is 2.34. The van der Waals surface area contributed by atoms with Gasteiger partial charge in [0.15, 0.2) is 11.5 Å². The predicted octanol–water partition coefficient (Wildman–Crippen LogP) is 4.11. The van der Waals surface area contributed by atoms with Gasteiger partial charge in [-0.05, 0) is 37.1 Å². The molecule has 0 aliphatic carbocycles. The first-order valence-electron chi connectivity index (χ1n) is 9.91. The van der Waals surface area contributed by atoms with E-state index in [1.807, 2.05) is 50.2 Å². The van der Waals surface area contributed by atoms with Gasteiger partial charge in [-0.15, -0.1) is 0 Å². The van der Waals surface area contributed by atoms with E-state index in [4.69, 9.17) is 28.9 Å². The summed E-state index contributed by atoms with van der Waals surface area (Å²) in [4.78, 5) is 9.98. The van der Waals surface area contributed by atoms with Gasteiger partial charge in [-0.3, -0.25) is 0 Å². The number of rotatable bonds is 6. The number of nitrogens with zero attached hydrogens (tertiary/aromatic N) is 2. The maximum Gasteiger partial charge on any atom is 0.213 e. The van der Waals surface area contributed by atoms with Crippen molar-refractivity contribution in [2.45, 2.75) is 37.8 Å². The average molecular weight is 411 g/mol. The smallest absolute Gasteiger partial charge is 0.213 e. The van der Waals surface area contributed by atoms with Crippen molar-refractivity contribution in [1.82, 2.24) is 0 Å². The van der Waals surface area contributed by atoms with Crippen molar-refractivity contribution in [1.29, 1.82) is 0 Å². The lowest BCUT2D eigenvalue weighted by Gasteiger charge is -2.37. The fourth-order valence-corrected chi connectivity index (χ4v) is 3.93. The van der Waals surface area contributed by atoms with Crippen molar-refractivity contribution in [3.63, 3.8) is 0 Å². The minimum atomic E-state index is -0.699.